The van der Waals surface area contributed by atoms with Crippen molar-refractivity contribution in [2.24, 2.45) is 9.98 Å². The molecule has 2 aliphatic heterocycles. The zero-order valence-electron chi connectivity index (χ0n) is 9.80. The lowest BCUT2D eigenvalue weighted by Gasteiger charge is -2.22. The second-order valence-corrected chi connectivity index (χ2v) is 3.87. The van der Waals surface area contributed by atoms with Gasteiger partial charge in [-0.2, -0.15) is 0 Å². The summed E-state index contributed by atoms with van der Waals surface area (Å²) in [5, 5.41) is 0. The lowest BCUT2D eigenvalue weighted by molar-refractivity contribution is 0.395. The van der Waals surface area contributed by atoms with Crippen molar-refractivity contribution in [1.29, 1.82) is 0 Å². The summed E-state index contributed by atoms with van der Waals surface area (Å²) in [5.74, 6) is 2.42. The van der Waals surface area contributed by atoms with Crippen LogP contribution in [-0.4, -0.2) is 44.4 Å². The van der Waals surface area contributed by atoms with Crippen LogP contribution in [0.3, 0.4) is 0 Å². The van der Waals surface area contributed by atoms with Crippen LogP contribution in [0.1, 0.15) is 5.56 Å². The fourth-order valence-electron chi connectivity index (χ4n) is 2.10. The number of hydrogen-bond donors (Lipinski definition) is 0. The van der Waals surface area contributed by atoms with Crippen LogP contribution in [0.4, 0.5) is 5.69 Å². The van der Waals surface area contributed by atoms with Gasteiger partial charge >= 0.3 is 0 Å². The molecule has 1 aromatic rings. The summed E-state index contributed by atoms with van der Waals surface area (Å²) in [5.41, 5.74) is 1.80. The maximum atomic E-state index is 5.34. The zero-order chi connectivity index (χ0) is 11.8. The summed E-state index contributed by atoms with van der Waals surface area (Å²) in [4.78, 5) is 11.0. The highest BCUT2D eigenvalue weighted by Crippen LogP contribution is 2.38. The van der Waals surface area contributed by atoms with Crippen molar-refractivity contribution in [3.8, 4) is 11.5 Å². The van der Waals surface area contributed by atoms with Crippen LogP contribution in [0.2, 0.25) is 0 Å². The van der Waals surface area contributed by atoms with Crippen molar-refractivity contribution in [2.75, 3.05) is 27.3 Å². The highest BCUT2D eigenvalue weighted by atomic mass is 16.5. The fourth-order valence-corrected chi connectivity index (χ4v) is 2.10. The van der Waals surface area contributed by atoms with Crippen LogP contribution in [0.5, 0.6) is 11.5 Å². The molecule has 0 spiro atoms. The number of rotatable bonds is 2. The predicted octanol–water partition coefficient (Wildman–Crippen LogP) is 1.44. The normalized spacial score (nSPS) is 16.4. The molecule has 0 aliphatic carbocycles. The summed E-state index contributed by atoms with van der Waals surface area (Å²) >= 11 is 0. The van der Waals surface area contributed by atoms with Crippen LogP contribution in [0.25, 0.3) is 0 Å². The molecule has 5 heteroatoms. The predicted molar refractivity (Wildman–Crippen MR) is 65.8 cm³/mol. The lowest BCUT2D eigenvalue weighted by atomic mass is 10.1. The molecule has 3 rings (SSSR count). The first-order valence-corrected chi connectivity index (χ1v) is 5.45. The Morgan fingerprint density at radius 3 is 2.88 bits per heavy atom. The van der Waals surface area contributed by atoms with E-state index in [1.54, 1.807) is 14.2 Å². The van der Waals surface area contributed by atoms with E-state index in [1.165, 1.54) is 0 Å². The Hall–Kier alpha value is -2.04. The average molecular weight is 231 g/mol. The first-order chi connectivity index (χ1) is 8.33. The monoisotopic (exact) mass is 231 g/mol. The summed E-state index contributed by atoms with van der Waals surface area (Å²) in [7, 11) is 3.27. The van der Waals surface area contributed by atoms with Crippen molar-refractivity contribution in [1.82, 2.24) is 4.90 Å². The van der Waals surface area contributed by atoms with Gasteiger partial charge < -0.3 is 14.4 Å². The van der Waals surface area contributed by atoms with Crippen molar-refractivity contribution >= 4 is 17.9 Å². The number of nitrogens with zero attached hydrogens (tertiary/aromatic N) is 3. The fraction of sp³-hybridized carbons (Fsp3) is 0.333. The molecule has 0 radical (unpaired) electrons. The quantitative estimate of drug-likeness (QED) is 0.773. The molecule has 0 bridgehead atoms. The molecule has 0 aromatic heterocycles. The molecule has 17 heavy (non-hydrogen) atoms. The molecule has 5 nitrogen and oxygen atoms in total. The standard InChI is InChI=1S/C12H13N3O2/c1-16-8-5-9-11(10(6-8)17-2)14-7-15-4-3-13-12(9)15/h5-7H,3-4H2,1-2H3. The summed E-state index contributed by atoms with van der Waals surface area (Å²) in [6.07, 6.45) is 1.81. The van der Waals surface area contributed by atoms with Gasteiger partial charge in [-0.15, -0.1) is 0 Å². The number of ether oxygens (including phenoxy) is 2. The number of hydrogen-bond acceptors (Lipinski definition) is 5. The van der Waals surface area contributed by atoms with Crippen molar-refractivity contribution < 1.29 is 9.47 Å². The number of aliphatic imine (C=N–C) groups is 2. The van der Waals surface area contributed by atoms with Gasteiger partial charge in [-0.25, -0.2) is 4.99 Å². The molecule has 0 unspecified atom stereocenters. The highest BCUT2D eigenvalue weighted by Gasteiger charge is 2.26. The van der Waals surface area contributed by atoms with Crippen molar-refractivity contribution in [3.05, 3.63) is 17.7 Å². The first kappa shape index (κ1) is 10.1. The molecule has 2 heterocycles. The maximum absolute atomic E-state index is 5.34. The van der Waals surface area contributed by atoms with E-state index in [-0.39, 0.29) is 0 Å². The molecular formula is C12H13N3O2. The smallest absolute Gasteiger partial charge is 0.148 e. The Morgan fingerprint density at radius 1 is 1.24 bits per heavy atom. The van der Waals surface area contributed by atoms with E-state index >= 15 is 0 Å². The number of fused-ring (bicyclic) bond motifs is 3. The Morgan fingerprint density at radius 2 is 2.12 bits per heavy atom. The zero-order valence-corrected chi connectivity index (χ0v) is 9.80. The number of methoxy groups -OCH3 is 2. The van der Waals surface area contributed by atoms with Crippen LogP contribution >= 0.6 is 0 Å². The van der Waals surface area contributed by atoms with E-state index in [0.717, 1.165) is 35.9 Å². The summed E-state index contributed by atoms with van der Waals surface area (Å²) < 4.78 is 10.6. The molecule has 0 atom stereocenters. The molecule has 0 fully saturated rings. The molecule has 0 amide bonds. The average Bonchev–Trinajstić information content (AvgIpc) is 2.85. The first-order valence-electron chi connectivity index (χ1n) is 5.45. The summed E-state index contributed by atoms with van der Waals surface area (Å²) in [6.45, 7) is 1.69. The van der Waals surface area contributed by atoms with Crippen LogP contribution in [-0.2, 0) is 0 Å². The third-order valence-electron chi connectivity index (χ3n) is 2.95. The minimum Gasteiger partial charge on any atom is -0.497 e. The minimum absolute atomic E-state index is 0.713. The van der Waals surface area contributed by atoms with Crippen LogP contribution in [0.15, 0.2) is 22.1 Å². The number of amidine groups is 1. The largest absolute Gasteiger partial charge is 0.497 e. The Balaban J connectivity index is 2.21. The number of benzene rings is 1. The van der Waals surface area contributed by atoms with E-state index in [4.69, 9.17) is 9.47 Å². The van der Waals surface area contributed by atoms with Crippen molar-refractivity contribution in [2.45, 2.75) is 0 Å². The van der Waals surface area contributed by atoms with Crippen molar-refractivity contribution in [3.63, 3.8) is 0 Å². The second-order valence-electron chi connectivity index (χ2n) is 3.87. The van der Waals surface area contributed by atoms with Gasteiger partial charge in [0, 0.05) is 12.6 Å². The van der Waals surface area contributed by atoms with E-state index in [2.05, 4.69) is 9.98 Å². The SMILES string of the molecule is COc1cc(OC)c2c(c1)C1=NCCN1C=N2. The van der Waals surface area contributed by atoms with Gasteiger partial charge in [0.1, 0.15) is 23.0 Å². The van der Waals surface area contributed by atoms with Gasteiger partial charge in [0.2, 0.25) is 0 Å². The summed E-state index contributed by atoms with van der Waals surface area (Å²) in [6, 6.07) is 3.78. The van der Waals surface area contributed by atoms with E-state index in [0.29, 0.717) is 5.75 Å². The van der Waals surface area contributed by atoms with E-state index < -0.39 is 0 Å². The van der Waals surface area contributed by atoms with Gasteiger partial charge in [-0.1, -0.05) is 0 Å². The molecular weight excluding hydrogens is 218 g/mol. The molecule has 0 saturated carbocycles. The lowest BCUT2D eigenvalue weighted by Crippen LogP contribution is -2.29. The van der Waals surface area contributed by atoms with Gasteiger partial charge in [0.05, 0.1) is 32.7 Å². The van der Waals surface area contributed by atoms with E-state index in [9.17, 15) is 0 Å². The maximum Gasteiger partial charge on any atom is 0.148 e. The Kier molecular flexibility index (Phi) is 2.24. The molecule has 88 valence electrons. The topological polar surface area (TPSA) is 46.4 Å². The Bertz CT molecular complexity index is 523. The second kappa shape index (κ2) is 3.76. The van der Waals surface area contributed by atoms with Crippen LogP contribution < -0.4 is 9.47 Å². The molecule has 0 N–H and O–H groups in total. The Labute approximate surface area is 99.4 Å². The van der Waals surface area contributed by atoms with Gasteiger partial charge in [-0.05, 0) is 6.07 Å². The third-order valence-corrected chi connectivity index (χ3v) is 2.95. The molecule has 0 saturated heterocycles. The highest BCUT2D eigenvalue weighted by molar-refractivity contribution is 6.12. The third kappa shape index (κ3) is 1.46. The van der Waals surface area contributed by atoms with E-state index in [1.807, 2.05) is 23.4 Å². The molecule has 2 aliphatic rings. The van der Waals surface area contributed by atoms with Crippen LogP contribution in [0, 0.1) is 0 Å². The minimum atomic E-state index is 0.713. The van der Waals surface area contributed by atoms with Gasteiger partial charge in [0.15, 0.2) is 0 Å². The molecule has 1 aromatic carbocycles. The van der Waals surface area contributed by atoms with Gasteiger partial charge in [0.25, 0.3) is 0 Å². The van der Waals surface area contributed by atoms with Gasteiger partial charge in [-0.3, -0.25) is 4.99 Å².